The van der Waals surface area contributed by atoms with Crippen molar-refractivity contribution in [2.75, 3.05) is 13.1 Å². The van der Waals surface area contributed by atoms with Gasteiger partial charge < -0.3 is 15.3 Å². The maximum absolute atomic E-state index is 12.3. The highest BCUT2D eigenvalue weighted by atomic mass is 32.2. The lowest BCUT2D eigenvalue weighted by Gasteiger charge is -2.08. The zero-order valence-electron chi connectivity index (χ0n) is 13.1. The Bertz CT molecular complexity index is 1050. The largest absolute Gasteiger partial charge is 0.351 e. The van der Waals surface area contributed by atoms with Crippen molar-refractivity contribution in [2.24, 2.45) is 0 Å². The molecule has 0 radical (unpaired) electrons. The van der Waals surface area contributed by atoms with Gasteiger partial charge in [-0.3, -0.25) is 4.79 Å². The minimum Gasteiger partial charge on any atom is -0.351 e. The van der Waals surface area contributed by atoms with Crippen LogP contribution in [0.4, 0.5) is 0 Å². The average molecular weight is 360 g/mol. The number of H-pyrrole nitrogens is 2. The molecule has 3 aromatic rings. The van der Waals surface area contributed by atoms with E-state index in [1.165, 1.54) is 18.2 Å². The van der Waals surface area contributed by atoms with Crippen molar-refractivity contribution in [3.63, 3.8) is 0 Å². The third kappa shape index (κ3) is 3.95. The maximum atomic E-state index is 12.3. The van der Waals surface area contributed by atoms with Gasteiger partial charge in [-0.2, -0.15) is 0 Å². The summed E-state index contributed by atoms with van der Waals surface area (Å²) >= 11 is 0. The van der Waals surface area contributed by atoms with Crippen molar-refractivity contribution in [2.45, 2.75) is 4.90 Å². The van der Waals surface area contributed by atoms with Crippen LogP contribution < -0.4 is 15.7 Å². The molecule has 1 aromatic heterocycles. The van der Waals surface area contributed by atoms with Gasteiger partial charge in [-0.15, -0.1) is 0 Å². The van der Waals surface area contributed by atoms with Crippen LogP contribution in [0.25, 0.3) is 11.0 Å². The Kier molecular flexibility index (Phi) is 4.68. The van der Waals surface area contributed by atoms with Crippen LogP contribution in [-0.2, 0) is 10.0 Å². The highest BCUT2D eigenvalue weighted by Gasteiger charge is 2.15. The lowest BCUT2D eigenvalue weighted by molar-refractivity contribution is 0.0954. The lowest BCUT2D eigenvalue weighted by atomic mass is 10.2. The summed E-state index contributed by atoms with van der Waals surface area (Å²) in [7, 11) is -3.74. The average Bonchev–Trinajstić information content (AvgIpc) is 2.98. The van der Waals surface area contributed by atoms with Crippen molar-refractivity contribution in [1.82, 2.24) is 20.0 Å². The van der Waals surface area contributed by atoms with E-state index in [-0.39, 0.29) is 23.9 Å². The smallest absolute Gasteiger partial charge is 0.323 e. The van der Waals surface area contributed by atoms with Crippen LogP contribution in [-0.4, -0.2) is 37.4 Å². The summed E-state index contributed by atoms with van der Waals surface area (Å²) in [6, 6.07) is 12.9. The molecule has 0 saturated carbocycles. The number of nitrogens with one attached hydrogen (secondary N) is 4. The van der Waals surface area contributed by atoms with Crippen LogP contribution in [0.2, 0.25) is 0 Å². The van der Waals surface area contributed by atoms with Crippen LogP contribution in [0.3, 0.4) is 0 Å². The van der Waals surface area contributed by atoms with E-state index in [0.717, 1.165) is 0 Å². The summed E-state index contributed by atoms with van der Waals surface area (Å²) in [5.74, 6) is -0.272. The number of carbonyl (C=O) groups is 1. The Hall–Kier alpha value is -2.91. The van der Waals surface area contributed by atoms with Crippen molar-refractivity contribution >= 4 is 27.0 Å². The number of imidazole rings is 1. The zero-order valence-corrected chi connectivity index (χ0v) is 13.9. The summed E-state index contributed by atoms with van der Waals surface area (Å²) < 4.78 is 27.0. The van der Waals surface area contributed by atoms with E-state index in [0.29, 0.717) is 16.6 Å². The van der Waals surface area contributed by atoms with E-state index in [1.54, 1.807) is 30.3 Å². The van der Waals surface area contributed by atoms with Gasteiger partial charge in [-0.25, -0.2) is 17.9 Å². The van der Waals surface area contributed by atoms with E-state index in [4.69, 9.17) is 0 Å². The van der Waals surface area contributed by atoms with Crippen LogP contribution in [0.1, 0.15) is 10.4 Å². The van der Waals surface area contributed by atoms with Gasteiger partial charge in [0.15, 0.2) is 0 Å². The molecular weight excluding hydrogens is 344 g/mol. The fourth-order valence-corrected chi connectivity index (χ4v) is 3.37. The predicted octanol–water partition coefficient (Wildman–Crippen LogP) is 0.565. The molecule has 0 fully saturated rings. The molecule has 3 rings (SSSR count). The van der Waals surface area contributed by atoms with Gasteiger partial charge in [0.25, 0.3) is 5.91 Å². The summed E-state index contributed by atoms with van der Waals surface area (Å²) in [5, 5.41) is 2.64. The molecule has 0 aliphatic rings. The molecule has 1 heterocycles. The molecule has 25 heavy (non-hydrogen) atoms. The number of aromatic nitrogens is 2. The molecular formula is C16H16N4O4S. The second-order valence-electron chi connectivity index (χ2n) is 5.31. The number of sulfonamides is 1. The van der Waals surface area contributed by atoms with E-state index < -0.39 is 15.7 Å². The SMILES string of the molecule is O=C(NCCNS(=O)(=O)c1ccc2[nH]c(=O)[nH]c2c1)c1ccccc1. The van der Waals surface area contributed by atoms with Crippen molar-refractivity contribution in [3.05, 3.63) is 64.6 Å². The summed E-state index contributed by atoms with van der Waals surface area (Å²) in [6.45, 7) is 0.193. The number of carbonyl (C=O) groups excluding carboxylic acids is 1. The van der Waals surface area contributed by atoms with Gasteiger partial charge >= 0.3 is 5.69 Å². The fraction of sp³-hybridized carbons (Fsp3) is 0.125. The molecule has 4 N–H and O–H groups in total. The van der Waals surface area contributed by atoms with Gasteiger partial charge in [0, 0.05) is 18.7 Å². The summed E-state index contributed by atoms with van der Waals surface area (Å²) in [6.07, 6.45) is 0. The van der Waals surface area contributed by atoms with Gasteiger partial charge in [-0.1, -0.05) is 18.2 Å². The van der Waals surface area contributed by atoms with Crippen molar-refractivity contribution < 1.29 is 13.2 Å². The van der Waals surface area contributed by atoms with Crippen LogP contribution >= 0.6 is 0 Å². The molecule has 0 atom stereocenters. The second-order valence-corrected chi connectivity index (χ2v) is 7.07. The quantitative estimate of drug-likeness (QED) is 0.480. The Morgan fingerprint density at radius 1 is 0.960 bits per heavy atom. The lowest BCUT2D eigenvalue weighted by Crippen LogP contribution is -2.34. The van der Waals surface area contributed by atoms with Crippen LogP contribution in [0.15, 0.2) is 58.2 Å². The third-order valence-corrected chi connectivity index (χ3v) is 5.00. The first kappa shape index (κ1) is 16.9. The van der Waals surface area contributed by atoms with Gasteiger partial charge in [0.1, 0.15) is 0 Å². The molecule has 8 nitrogen and oxygen atoms in total. The molecule has 0 unspecified atom stereocenters. The van der Waals surface area contributed by atoms with Crippen molar-refractivity contribution in [1.29, 1.82) is 0 Å². The normalized spacial score (nSPS) is 11.5. The monoisotopic (exact) mass is 360 g/mol. The summed E-state index contributed by atoms with van der Waals surface area (Å²) in [4.78, 5) is 28.2. The van der Waals surface area contributed by atoms with Crippen LogP contribution in [0, 0.1) is 0 Å². The standard InChI is InChI=1S/C16H16N4O4S/c21-15(11-4-2-1-3-5-11)17-8-9-18-25(23,24)12-6-7-13-14(10-12)20-16(22)19-13/h1-7,10,18H,8-9H2,(H,17,21)(H2,19,20,22). The number of amides is 1. The van der Waals surface area contributed by atoms with E-state index in [9.17, 15) is 18.0 Å². The Morgan fingerprint density at radius 3 is 2.44 bits per heavy atom. The molecule has 0 spiro atoms. The summed E-state index contributed by atoms with van der Waals surface area (Å²) in [5.41, 5.74) is 1.04. The second kappa shape index (κ2) is 6.91. The topological polar surface area (TPSA) is 124 Å². The minimum absolute atomic E-state index is 0.0321. The Balaban J connectivity index is 1.59. The number of fused-ring (bicyclic) bond motifs is 1. The first-order valence-corrected chi connectivity index (χ1v) is 8.99. The number of hydrogen-bond acceptors (Lipinski definition) is 4. The molecule has 1 amide bonds. The van der Waals surface area contributed by atoms with E-state index in [2.05, 4.69) is 20.0 Å². The molecule has 2 aromatic carbocycles. The molecule has 0 saturated heterocycles. The zero-order chi connectivity index (χ0) is 17.9. The first-order valence-electron chi connectivity index (χ1n) is 7.51. The number of rotatable bonds is 6. The molecule has 0 aliphatic heterocycles. The Morgan fingerprint density at radius 2 is 1.68 bits per heavy atom. The third-order valence-electron chi connectivity index (χ3n) is 3.54. The first-order chi connectivity index (χ1) is 12.0. The maximum Gasteiger partial charge on any atom is 0.323 e. The number of hydrogen-bond donors (Lipinski definition) is 4. The highest BCUT2D eigenvalue weighted by Crippen LogP contribution is 2.14. The van der Waals surface area contributed by atoms with Gasteiger partial charge in [-0.05, 0) is 30.3 Å². The number of benzene rings is 2. The van der Waals surface area contributed by atoms with Gasteiger partial charge in [0.05, 0.1) is 15.9 Å². The van der Waals surface area contributed by atoms with Gasteiger partial charge in [0.2, 0.25) is 10.0 Å². The molecule has 0 aliphatic carbocycles. The molecule has 9 heteroatoms. The van der Waals surface area contributed by atoms with E-state index >= 15 is 0 Å². The number of aromatic amines is 2. The predicted molar refractivity (Wildman–Crippen MR) is 92.9 cm³/mol. The minimum atomic E-state index is -3.74. The molecule has 130 valence electrons. The molecule has 0 bridgehead atoms. The Labute approximate surface area is 143 Å². The fourth-order valence-electron chi connectivity index (χ4n) is 2.32. The van der Waals surface area contributed by atoms with Crippen LogP contribution in [0.5, 0.6) is 0 Å². The van der Waals surface area contributed by atoms with E-state index in [1.807, 2.05) is 0 Å². The van der Waals surface area contributed by atoms with Crippen molar-refractivity contribution in [3.8, 4) is 0 Å². The highest BCUT2D eigenvalue weighted by molar-refractivity contribution is 7.89.